The summed E-state index contributed by atoms with van der Waals surface area (Å²) in [5, 5.41) is 0. The molecule has 1 aromatic rings. The van der Waals surface area contributed by atoms with E-state index in [1.807, 2.05) is 30.3 Å². The maximum Gasteiger partial charge on any atom is 0.266 e. The molecule has 150 valence electrons. The molecule has 1 heterocycles. The van der Waals surface area contributed by atoms with Crippen LogP contribution < -0.4 is 15.6 Å². The van der Waals surface area contributed by atoms with Gasteiger partial charge in [0.15, 0.2) is 0 Å². The second-order valence-corrected chi connectivity index (χ2v) is 7.82. The van der Waals surface area contributed by atoms with Crippen LogP contribution in [-0.2, 0) is 14.4 Å². The van der Waals surface area contributed by atoms with Crippen molar-refractivity contribution in [3.05, 3.63) is 34.7 Å². The summed E-state index contributed by atoms with van der Waals surface area (Å²) in [6.07, 6.45) is 4.33. The SMILES string of the molecule is COc1ccc(/C=C2\SC(=S)N(CCCCCC(=O)NNC(C)=O)C2=O)cc1. The first-order valence-electron chi connectivity index (χ1n) is 8.85. The number of nitrogens with zero attached hydrogens (tertiary/aromatic N) is 1. The van der Waals surface area contributed by atoms with Gasteiger partial charge < -0.3 is 4.74 Å². The first kappa shape index (κ1) is 21.9. The molecule has 3 amide bonds. The largest absolute Gasteiger partial charge is 0.497 e. The number of rotatable bonds is 8. The van der Waals surface area contributed by atoms with E-state index in [1.165, 1.54) is 18.7 Å². The fourth-order valence-electron chi connectivity index (χ4n) is 2.50. The number of thiocarbonyl (C=S) groups is 1. The second kappa shape index (κ2) is 10.8. The van der Waals surface area contributed by atoms with Gasteiger partial charge in [-0.2, -0.15) is 0 Å². The molecule has 0 bridgehead atoms. The normalized spacial score (nSPS) is 15.1. The van der Waals surface area contributed by atoms with Gasteiger partial charge in [0, 0.05) is 19.9 Å². The summed E-state index contributed by atoms with van der Waals surface area (Å²) in [5.41, 5.74) is 5.48. The smallest absolute Gasteiger partial charge is 0.266 e. The van der Waals surface area contributed by atoms with E-state index in [0.29, 0.717) is 28.6 Å². The van der Waals surface area contributed by atoms with Gasteiger partial charge in [0.1, 0.15) is 10.1 Å². The van der Waals surface area contributed by atoms with Gasteiger partial charge in [0.2, 0.25) is 11.8 Å². The van der Waals surface area contributed by atoms with Crippen molar-refractivity contribution < 1.29 is 19.1 Å². The van der Waals surface area contributed by atoms with Crippen molar-refractivity contribution in [2.75, 3.05) is 13.7 Å². The number of hydrogen-bond donors (Lipinski definition) is 2. The summed E-state index contributed by atoms with van der Waals surface area (Å²) in [5.74, 6) is 0.123. The minimum atomic E-state index is -0.314. The highest BCUT2D eigenvalue weighted by Crippen LogP contribution is 2.33. The van der Waals surface area contributed by atoms with Crippen molar-refractivity contribution in [3.63, 3.8) is 0 Å². The highest BCUT2D eigenvalue weighted by Gasteiger charge is 2.31. The van der Waals surface area contributed by atoms with Gasteiger partial charge in [-0.15, -0.1) is 0 Å². The van der Waals surface area contributed by atoms with Crippen LogP contribution in [0.25, 0.3) is 6.08 Å². The number of ether oxygens (including phenoxy) is 1. The van der Waals surface area contributed by atoms with Crippen molar-refractivity contribution in [2.24, 2.45) is 0 Å². The Morgan fingerprint density at radius 1 is 1.18 bits per heavy atom. The number of nitrogens with one attached hydrogen (secondary N) is 2. The quantitative estimate of drug-likeness (QED) is 0.290. The fourth-order valence-corrected chi connectivity index (χ4v) is 3.81. The Bertz CT molecular complexity index is 778. The van der Waals surface area contributed by atoms with Crippen molar-refractivity contribution in [3.8, 4) is 5.75 Å². The molecule has 0 aromatic heterocycles. The summed E-state index contributed by atoms with van der Waals surface area (Å²) < 4.78 is 5.68. The Balaban J connectivity index is 1.77. The number of thioether (sulfide) groups is 1. The average Bonchev–Trinajstić information content (AvgIpc) is 2.93. The Morgan fingerprint density at radius 3 is 2.54 bits per heavy atom. The minimum absolute atomic E-state index is 0.0887. The van der Waals surface area contributed by atoms with E-state index < -0.39 is 0 Å². The van der Waals surface area contributed by atoms with E-state index in [0.717, 1.165) is 24.2 Å². The monoisotopic (exact) mass is 421 g/mol. The minimum Gasteiger partial charge on any atom is -0.497 e. The Hall–Kier alpha value is -2.39. The molecule has 2 N–H and O–H groups in total. The predicted octanol–water partition coefficient (Wildman–Crippen LogP) is 2.62. The van der Waals surface area contributed by atoms with Gasteiger partial charge in [0.25, 0.3) is 5.91 Å². The lowest BCUT2D eigenvalue weighted by atomic mass is 10.1. The first-order valence-corrected chi connectivity index (χ1v) is 10.1. The van der Waals surface area contributed by atoms with Gasteiger partial charge in [-0.05, 0) is 36.6 Å². The molecule has 28 heavy (non-hydrogen) atoms. The van der Waals surface area contributed by atoms with E-state index in [4.69, 9.17) is 17.0 Å². The van der Waals surface area contributed by atoms with Gasteiger partial charge in [-0.1, -0.05) is 42.5 Å². The molecule has 0 spiro atoms. The van der Waals surface area contributed by atoms with Crippen molar-refractivity contribution >= 4 is 52.1 Å². The third-order valence-electron chi connectivity index (χ3n) is 3.95. The molecule has 9 heteroatoms. The molecule has 0 radical (unpaired) electrons. The van der Waals surface area contributed by atoms with Crippen LogP contribution in [0, 0.1) is 0 Å². The van der Waals surface area contributed by atoms with Crippen molar-refractivity contribution in [1.82, 2.24) is 15.8 Å². The molecule has 1 fully saturated rings. The van der Waals surface area contributed by atoms with Crippen LogP contribution in [0.3, 0.4) is 0 Å². The molecule has 1 aliphatic rings. The maximum atomic E-state index is 12.6. The van der Waals surface area contributed by atoms with E-state index in [9.17, 15) is 14.4 Å². The summed E-state index contributed by atoms with van der Waals surface area (Å²) in [7, 11) is 1.61. The number of carbonyl (C=O) groups excluding carboxylic acids is 3. The summed E-state index contributed by atoms with van der Waals surface area (Å²) in [6.45, 7) is 1.85. The molecule has 7 nitrogen and oxygen atoms in total. The van der Waals surface area contributed by atoms with Crippen molar-refractivity contribution in [2.45, 2.75) is 32.6 Å². The number of amides is 3. The Morgan fingerprint density at radius 2 is 1.89 bits per heavy atom. The van der Waals surface area contributed by atoms with Crippen LogP contribution in [0.2, 0.25) is 0 Å². The lowest BCUT2D eigenvalue weighted by Gasteiger charge is -2.14. The van der Waals surface area contributed by atoms with Crippen LogP contribution in [0.5, 0.6) is 5.75 Å². The highest BCUT2D eigenvalue weighted by atomic mass is 32.2. The van der Waals surface area contributed by atoms with E-state index in [-0.39, 0.29) is 17.7 Å². The van der Waals surface area contributed by atoms with Crippen LogP contribution in [0.4, 0.5) is 0 Å². The molecule has 2 rings (SSSR count). The molecule has 0 unspecified atom stereocenters. The number of hydrogen-bond acceptors (Lipinski definition) is 6. The summed E-state index contributed by atoms with van der Waals surface area (Å²) in [6, 6.07) is 7.46. The lowest BCUT2D eigenvalue weighted by molar-refractivity contribution is -0.127. The van der Waals surface area contributed by atoms with Crippen LogP contribution in [-0.4, -0.2) is 40.6 Å². The van der Waals surface area contributed by atoms with E-state index in [2.05, 4.69) is 10.9 Å². The maximum absolute atomic E-state index is 12.6. The Kier molecular flexibility index (Phi) is 8.46. The molecule has 0 aliphatic carbocycles. The molecular weight excluding hydrogens is 398 g/mol. The molecule has 1 saturated heterocycles. The van der Waals surface area contributed by atoms with Gasteiger partial charge in [-0.25, -0.2) is 0 Å². The number of benzene rings is 1. The van der Waals surface area contributed by atoms with Crippen molar-refractivity contribution in [1.29, 1.82) is 0 Å². The molecule has 0 saturated carbocycles. The fraction of sp³-hybridized carbons (Fsp3) is 0.368. The zero-order valence-corrected chi connectivity index (χ0v) is 17.5. The Labute approximate surface area is 173 Å². The van der Waals surface area contributed by atoms with Crippen LogP contribution in [0.15, 0.2) is 29.2 Å². The standard InChI is InChI=1S/C19H23N3O4S2/c1-13(23)20-21-17(24)6-4-3-5-11-22-18(25)16(28-19(22)27)12-14-7-9-15(26-2)10-8-14/h7-10,12H,3-6,11H2,1-2H3,(H,20,23)(H,21,24)/b16-12-. The number of hydrazine groups is 1. The zero-order chi connectivity index (χ0) is 20.5. The van der Waals surface area contributed by atoms with E-state index >= 15 is 0 Å². The predicted molar refractivity (Wildman–Crippen MR) is 113 cm³/mol. The molecule has 1 aromatic carbocycles. The zero-order valence-electron chi connectivity index (χ0n) is 15.8. The molecule has 1 aliphatic heterocycles. The summed E-state index contributed by atoms with van der Waals surface area (Å²) >= 11 is 6.63. The number of unbranched alkanes of at least 4 members (excludes halogenated alkanes) is 2. The van der Waals surface area contributed by atoms with Gasteiger partial charge >= 0.3 is 0 Å². The summed E-state index contributed by atoms with van der Waals surface area (Å²) in [4.78, 5) is 37.0. The third kappa shape index (κ3) is 6.65. The highest BCUT2D eigenvalue weighted by molar-refractivity contribution is 8.26. The second-order valence-electron chi connectivity index (χ2n) is 6.15. The molecule has 0 atom stereocenters. The van der Waals surface area contributed by atoms with Gasteiger partial charge in [-0.3, -0.25) is 30.1 Å². The van der Waals surface area contributed by atoms with E-state index in [1.54, 1.807) is 12.0 Å². The number of carbonyl (C=O) groups is 3. The topological polar surface area (TPSA) is 87.7 Å². The first-order chi connectivity index (χ1) is 13.4. The average molecular weight is 422 g/mol. The third-order valence-corrected chi connectivity index (χ3v) is 5.33. The van der Waals surface area contributed by atoms with Crippen LogP contribution in [0.1, 0.15) is 38.2 Å². The van der Waals surface area contributed by atoms with Crippen LogP contribution >= 0.6 is 24.0 Å². The number of methoxy groups -OCH3 is 1. The lowest BCUT2D eigenvalue weighted by Crippen LogP contribution is -2.40. The molecular formula is C19H23N3O4S2. The van der Waals surface area contributed by atoms with Gasteiger partial charge in [0.05, 0.1) is 12.0 Å².